The summed E-state index contributed by atoms with van der Waals surface area (Å²) in [7, 11) is 1.60. The van der Waals surface area contributed by atoms with E-state index in [0.29, 0.717) is 36.5 Å². The smallest absolute Gasteiger partial charge is 0.322 e. The van der Waals surface area contributed by atoms with Crippen LogP contribution in [0, 0.1) is 0 Å². The Morgan fingerprint density at radius 2 is 1.73 bits per heavy atom. The van der Waals surface area contributed by atoms with Gasteiger partial charge in [-0.1, -0.05) is 48.5 Å². The lowest BCUT2D eigenvalue weighted by Gasteiger charge is -2.35. The molecule has 0 aliphatic carbocycles. The largest absolute Gasteiger partial charge is 0.497 e. The van der Waals surface area contributed by atoms with E-state index < -0.39 is 6.04 Å². The summed E-state index contributed by atoms with van der Waals surface area (Å²) in [5.41, 5.74) is 4.12. The predicted octanol–water partition coefficient (Wildman–Crippen LogP) is 6.21. The first-order chi connectivity index (χ1) is 19.5. The molecule has 3 amide bonds. The number of carbonyl (C=O) groups is 3. The number of nitrogens with one attached hydrogen (secondary N) is 1. The molecule has 0 aromatic heterocycles. The number of methoxy groups -OCH3 is 1. The summed E-state index contributed by atoms with van der Waals surface area (Å²) in [5, 5.41) is 4.74. The molecule has 1 unspecified atom stereocenters. The Morgan fingerprint density at radius 3 is 2.50 bits per heavy atom. The first-order valence-electron chi connectivity index (χ1n) is 13.7. The number of ketones is 1. The van der Waals surface area contributed by atoms with Crippen LogP contribution in [0.4, 0.5) is 16.2 Å². The molecule has 7 nitrogen and oxygen atoms in total. The maximum atomic E-state index is 13.7. The highest BCUT2D eigenvalue weighted by Gasteiger charge is 2.34. The Hall–Kier alpha value is -4.65. The molecule has 7 heteroatoms. The molecule has 2 aliphatic heterocycles. The molecule has 1 atom stereocenters. The molecule has 4 aromatic carbocycles. The van der Waals surface area contributed by atoms with Crippen LogP contribution < -0.4 is 15.0 Å². The number of rotatable bonds is 7. The summed E-state index contributed by atoms with van der Waals surface area (Å²) >= 11 is 0. The zero-order valence-corrected chi connectivity index (χ0v) is 22.4. The number of ether oxygens (including phenoxy) is 1. The van der Waals surface area contributed by atoms with Crippen LogP contribution in [0.25, 0.3) is 10.8 Å². The Morgan fingerprint density at radius 1 is 0.925 bits per heavy atom. The summed E-state index contributed by atoms with van der Waals surface area (Å²) in [6.45, 7) is 1.02. The topological polar surface area (TPSA) is 79.0 Å². The van der Waals surface area contributed by atoms with Gasteiger partial charge in [-0.3, -0.25) is 9.59 Å². The van der Waals surface area contributed by atoms with Gasteiger partial charge in [0.15, 0.2) is 5.78 Å². The van der Waals surface area contributed by atoms with E-state index in [4.69, 9.17) is 4.74 Å². The average Bonchev–Trinajstić information content (AvgIpc) is 3.26. The van der Waals surface area contributed by atoms with E-state index in [2.05, 4.69) is 5.32 Å². The van der Waals surface area contributed by atoms with Crippen LogP contribution in [0.15, 0.2) is 84.9 Å². The van der Waals surface area contributed by atoms with Crippen LogP contribution >= 0.6 is 0 Å². The summed E-state index contributed by atoms with van der Waals surface area (Å²) < 4.78 is 5.19. The lowest BCUT2D eigenvalue weighted by atomic mass is 9.92. The molecule has 1 fully saturated rings. The Labute approximate surface area is 233 Å². The molecule has 1 saturated heterocycles. The first kappa shape index (κ1) is 25.6. The van der Waals surface area contributed by atoms with Gasteiger partial charge < -0.3 is 19.9 Å². The fraction of sp³-hybridized carbons (Fsp3) is 0.242. The maximum absolute atomic E-state index is 13.7. The Bertz CT molecular complexity index is 1580. The van der Waals surface area contributed by atoms with E-state index in [1.54, 1.807) is 36.3 Å². The van der Waals surface area contributed by atoms with Crippen LogP contribution in [0.1, 0.15) is 40.7 Å². The number of hydrogen-bond acceptors (Lipinski definition) is 4. The SMILES string of the molecule is COc1ccc(NC(=O)N2CCCCC2C(=O)Cc2ccc3c4c(cccc24)C(=O)N3Cc2ccccc2)cc1. The number of anilines is 2. The highest BCUT2D eigenvalue weighted by molar-refractivity contribution is 6.25. The highest BCUT2D eigenvalue weighted by Crippen LogP contribution is 2.40. The zero-order chi connectivity index (χ0) is 27.6. The molecule has 6 rings (SSSR count). The standard InChI is InChI=1S/C33H31N3O4/c1-40-25-16-14-24(15-17-25)34-33(39)35-19-6-5-12-28(35)30(37)20-23-13-18-29-31-26(23)10-7-11-27(31)32(38)36(29)21-22-8-3-2-4-9-22/h2-4,7-11,13-18,28H,5-6,12,19-21H2,1H3,(H,34,39). The number of hydrogen-bond donors (Lipinski definition) is 1. The minimum atomic E-state index is -0.494. The monoisotopic (exact) mass is 533 g/mol. The van der Waals surface area contributed by atoms with Crippen LogP contribution in [0.3, 0.4) is 0 Å². The second-order valence-corrected chi connectivity index (χ2v) is 10.4. The molecule has 202 valence electrons. The zero-order valence-electron chi connectivity index (χ0n) is 22.4. The Balaban J connectivity index is 1.23. The van der Waals surface area contributed by atoms with Crippen molar-refractivity contribution in [3.05, 3.63) is 102 Å². The van der Waals surface area contributed by atoms with Gasteiger partial charge in [-0.25, -0.2) is 4.79 Å². The highest BCUT2D eigenvalue weighted by atomic mass is 16.5. The van der Waals surface area contributed by atoms with Gasteiger partial charge in [-0.05, 0) is 72.2 Å². The van der Waals surface area contributed by atoms with E-state index in [9.17, 15) is 14.4 Å². The molecular weight excluding hydrogens is 502 g/mol. The molecule has 2 aliphatic rings. The van der Waals surface area contributed by atoms with Crippen molar-refractivity contribution >= 4 is 39.9 Å². The van der Waals surface area contributed by atoms with Gasteiger partial charge in [0, 0.05) is 29.6 Å². The fourth-order valence-electron chi connectivity index (χ4n) is 5.87. The number of amides is 3. The van der Waals surface area contributed by atoms with E-state index in [0.717, 1.165) is 40.4 Å². The number of carbonyl (C=O) groups excluding carboxylic acids is 3. The summed E-state index contributed by atoms with van der Waals surface area (Å²) in [5.74, 6) is 0.691. The van der Waals surface area contributed by atoms with Gasteiger partial charge in [-0.15, -0.1) is 0 Å². The minimum Gasteiger partial charge on any atom is -0.497 e. The third-order valence-electron chi connectivity index (χ3n) is 7.90. The quantitative estimate of drug-likeness (QED) is 0.307. The molecule has 0 spiro atoms. The van der Waals surface area contributed by atoms with Crippen molar-refractivity contribution in [2.75, 3.05) is 23.9 Å². The van der Waals surface area contributed by atoms with E-state index in [1.807, 2.05) is 65.6 Å². The van der Waals surface area contributed by atoms with E-state index >= 15 is 0 Å². The molecule has 4 aromatic rings. The van der Waals surface area contributed by atoms with Gasteiger partial charge >= 0.3 is 6.03 Å². The molecule has 40 heavy (non-hydrogen) atoms. The lowest BCUT2D eigenvalue weighted by Crippen LogP contribution is -2.50. The van der Waals surface area contributed by atoms with Gasteiger partial charge in [0.2, 0.25) is 0 Å². The number of nitrogens with zero attached hydrogens (tertiary/aromatic N) is 2. The molecular formula is C33H31N3O4. The molecule has 0 saturated carbocycles. The van der Waals surface area contributed by atoms with Gasteiger partial charge in [0.05, 0.1) is 25.4 Å². The summed E-state index contributed by atoms with van der Waals surface area (Å²) in [6, 6.07) is 26.0. The molecule has 0 radical (unpaired) electrons. The van der Waals surface area contributed by atoms with E-state index in [-0.39, 0.29) is 24.1 Å². The van der Waals surface area contributed by atoms with Crippen molar-refractivity contribution in [1.82, 2.24) is 4.90 Å². The Kier molecular flexibility index (Phi) is 6.95. The molecule has 1 N–H and O–H groups in total. The number of urea groups is 1. The van der Waals surface area contributed by atoms with Crippen molar-refractivity contribution in [1.29, 1.82) is 0 Å². The second-order valence-electron chi connectivity index (χ2n) is 10.4. The van der Waals surface area contributed by atoms with Crippen LogP contribution in [0.2, 0.25) is 0 Å². The number of benzene rings is 4. The van der Waals surface area contributed by atoms with Crippen LogP contribution in [-0.2, 0) is 17.8 Å². The molecule has 0 bridgehead atoms. The van der Waals surface area contributed by atoms with Gasteiger partial charge in [-0.2, -0.15) is 0 Å². The first-order valence-corrected chi connectivity index (χ1v) is 13.7. The lowest BCUT2D eigenvalue weighted by molar-refractivity contribution is -0.123. The van der Waals surface area contributed by atoms with Gasteiger partial charge in [0.25, 0.3) is 5.91 Å². The van der Waals surface area contributed by atoms with Crippen molar-refractivity contribution < 1.29 is 19.1 Å². The minimum absolute atomic E-state index is 0.00995. The van der Waals surface area contributed by atoms with Crippen molar-refractivity contribution in [2.45, 2.75) is 38.3 Å². The van der Waals surface area contributed by atoms with E-state index in [1.165, 1.54) is 0 Å². The van der Waals surface area contributed by atoms with Crippen LogP contribution in [-0.4, -0.2) is 42.3 Å². The molecule has 2 heterocycles. The van der Waals surface area contributed by atoms with Crippen molar-refractivity contribution in [3.8, 4) is 5.75 Å². The second kappa shape index (κ2) is 10.8. The number of Topliss-reactive ketones (excluding diaryl/α,β-unsaturated/α-hetero) is 1. The third-order valence-corrected chi connectivity index (χ3v) is 7.90. The normalized spacial score (nSPS) is 16.3. The number of piperidine rings is 1. The summed E-state index contributed by atoms with van der Waals surface area (Å²) in [4.78, 5) is 43.8. The van der Waals surface area contributed by atoms with Crippen LogP contribution in [0.5, 0.6) is 5.75 Å². The number of likely N-dealkylation sites (tertiary alicyclic amines) is 1. The maximum Gasteiger partial charge on any atom is 0.322 e. The summed E-state index contributed by atoms with van der Waals surface area (Å²) in [6.07, 6.45) is 2.60. The van der Waals surface area contributed by atoms with Crippen molar-refractivity contribution in [3.63, 3.8) is 0 Å². The average molecular weight is 534 g/mol. The van der Waals surface area contributed by atoms with Crippen molar-refractivity contribution in [2.24, 2.45) is 0 Å². The van der Waals surface area contributed by atoms with Gasteiger partial charge in [0.1, 0.15) is 5.75 Å². The predicted molar refractivity (Wildman–Crippen MR) is 156 cm³/mol. The fourth-order valence-corrected chi connectivity index (χ4v) is 5.87. The third kappa shape index (κ3) is 4.79.